The number of sulfonamides is 1. The number of hydrogen-bond donors (Lipinski definition) is 1. The Bertz CT molecular complexity index is 1130. The minimum Gasteiger partial charge on any atom is -0.489 e. The first-order chi connectivity index (χ1) is 13.0. The summed E-state index contributed by atoms with van der Waals surface area (Å²) in [6.07, 6.45) is -0.346. The highest BCUT2D eigenvalue weighted by atomic mass is 32.2. The van der Waals surface area contributed by atoms with E-state index in [4.69, 9.17) is 4.74 Å². The van der Waals surface area contributed by atoms with Gasteiger partial charge in [-0.15, -0.1) is 0 Å². The van der Waals surface area contributed by atoms with Crippen LogP contribution in [0.2, 0.25) is 0 Å². The lowest BCUT2D eigenvalue weighted by Crippen LogP contribution is -2.47. The normalized spacial score (nSPS) is 16.6. The van der Waals surface area contributed by atoms with Gasteiger partial charge in [0.25, 0.3) is 10.0 Å². The molecule has 1 aliphatic heterocycles. The van der Waals surface area contributed by atoms with Crippen molar-refractivity contribution in [2.45, 2.75) is 17.4 Å². The SMILES string of the molecule is O=C(O)CC1COc2ccccc2N1S(=O)(=O)c1ccc2ccccc2c1. The molecule has 0 saturated heterocycles. The number of anilines is 1. The van der Waals surface area contributed by atoms with Gasteiger partial charge in [0.1, 0.15) is 12.4 Å². The highest BCUT2D eigenvalue weighted by molar-refractivity contribution is 7.92. The van der Waals surface area contributed by atoms with Crippen LogP contribution in [0.4, 0.5) is 5.69 Å². The zero-order valence-corrected chi connectivity index (χ0v) is 15.1. The number of aliphatic carboxylic acids is 1. The predicted octanol–water partition coefficient (Wildman–Crippen LogP) is 3.27. The number of ether oxygens (including phenoxy) is 1. The van der Waals surface area contributed by atoms with Crippen LogP contribution in [0.15, 0.2) is 71.6 Å². The molecule has 0 aliphatic carbocycles. The van der Waals surface area contributed by atoms with Gasteiger partial charge < -0.3 is 9.84 Å². The molecule has 7 heteroatoms. The van der Waals surface area contributed by atoms with Crippen LogP contribution in [0.5, 0.6) is 5.75 Å². The van der Waals surface area contributed by atoms with Gasteiger partial charge in [-0.2, -0.15) is 0 Å². The minimum absolute atomic E-state index is 0.0177. The lowest BCUT2D eigenvalue weighted by atomic mass is 10.1. The minimum atomic E-state index is -3.97. The van der Waals surface area contributed by atoms with E-state index in [9.17, 15) is 18.3 Å². The van der Waals surface area contributed by atoms with Crippen LogP contribution in [-0.2, 0) is 14.8 Å². The van der Waals surface area contributed by atoms with Gasteiger partial charge in [0.15, 0.2) is 0 Å². The summed E-state index contributed by atoms with van der Waals surface area (Å²) in [5.41, 5.74) is 0.350. The predicted molar refractivity (Wildman–Crippen MR) is 102 cm³/mol. The molecule has 1 unspecified atom stereocenters. The molecule has 1 atom stereocenters. The summed E-state index contributed by atoms with van der Waals surface area (Å²) in [5.74, 6) is -0.662. The van der Waals surface area contributed by atoms with E-state index in [1.807, 2.05) is 24.3 Å². The van der Waals surface area contributed by atoms with Crippen LogP contribution in [0, 0.1) is 0 Å². The molecule has 4 rings (SSSR count). The van der Waals surface area contributed by atoms with E-state index in [0.29, 0.717) is 11.4 Å². The first-order valence-corrected chi connectivity index (χ1v) is 9.88. The van der Waals surface area contributed by atoms with Crippen molar-refractivity contribution in [3.63, 3.8) is 0 Å². The topological polar surface area (TPSA) is 83.9 Å². The summed E-state index contributed by atoms with van der Waals surface area (Å²) in [4.78, 5) is 11.4. The van der Waals surface area contributed by atoms with Crippen LogP contribution < -0.4 is 9.04 Å². The van der Waals surface area contributed by atoms with Crippen LogP contribution in [-0.4, -0.2) is 32.1 Å². The van der Waals surface area contributed by atoms with Crippen molar-refractivity contribution in [3.05, 3.63) is 66.7 Å². The number of nitrogens with zero attached hydrogens (tertiary/aromatic N) is 1. The smallest absolute Gasteiger partial charge is 0.305 e. The van der Waals surface area contributed by atoms with Crippen LogP contribution in [0.25, 0.3) is 10.8 Å². The molecular formula is C20H17NO5S. The number of rotatable bonds is 4. The lowest BCUT2D eigenvalue weighted by Gasteiger charge is -2.36. The summed E-state index contributed by atoms with van der Waals surface area (Å²) >= 11 is 0. The highest BCUT2D eigenvalue weighted by Gasteiger charge is 2.38. The number of carboxylic acid groups (broad SMARTS) is 1. The monoisotopic (exact) mass is 383 g/mol. The number of carboxylic acids is 1. The van der Waals surface area contributed by atoms with Crippen molar-refractivity contribution >= 4 is 32.5 Å². The average molecular weight is 383 g/mol. The standard InChI is InChI=1S/C20H17NO5S/c22-20(23)12-16-13-26-19-8-4-3-7-18(19)21(16)27(24,25)17-10-9-14-5-1-2-6-15(14)11-17/h1-11,16H,12-13H2,(H,22,23). The van der Waals surface area contributed by atoms with E-state index in [1.54, 1.807) is 42.5 Å². The molecule has 27 heavy (non-hydrogen) atoms. The van der Waals surface area contributed by atoms with E-state index < -0.39 is 22.0 Å². The first kappa shape index (κ1) is 17.4. The third-order valence-electron chi connectivity index (χ3n) is 4.55. The molecule has 0 fully saturated rings. The fourth-order valence-electron chi connectivity index (χ4n) is 3.32. The van der Waals surface area contributed by atoms with E-state index >= 15 is 0 Å². The zero-order valence-electron chi connectivity index (χ0n) is 14.3. The third kappa shape index (κ3) is 3.10. The summed E-state index contributed by atoms with van der Waals surface area (Å²) < 4.78 is 33.7. The van der Waals surface area contributed by atoms with Gasteiger partial charge in [-0.1, -0.05) is 42.5 Å². The number of hydrogen-bond acceptors (Lipinski definition) is 4. The number of carbonyl (C=O) groups is 1. The Kier molecular flexibility index (Phi) is 4.24. The van der Waals surface area contributed by atoms with E-state index in [-0.39, 0.29) is 17.9 Å². The number of fused-ring (bicyclic) bond motifs is 2. The van der Waals surface area contributed by atoms with Crippen molar-refractivity contribution in [2.24, 2.45) is 0 Å². The van der Waals surface area contributed by atoms with Crippen molar-refractivity contribution in [2.75, 3.05) is 10.9 Å². The Morgan fingerprint density at radius 3 is 2.52 bits per heavy atom. The molecular weight excluding hydrogens is 366 g/mol. The summed E-state index contributed by atoms with van der Waals surface area (Å²) in [6.45, 7) is -0.0177. The van der Waals surface area contributed by atoms with Crippen LogP contribution in [0.3, 0.4) is 0 Å². The molecule has 1 heterocycles. The Balaban J connectivity index is 1.86. The van der Waals surface area contributed by atoms with Gasteiger partial charge in [0.2, 0.25) is 0 Å². The molecule has 138 valence electrons. The van der Waals surface area contributed by atoms with Crippen molar-refractivity contribution in [1.29, 1.82) is 0 Å². The number of para-hydroxylation sites is 2. The summed E-state index contributed by atoms with van der Waals surface area (Å²) in [7, 11) is -3.97. The van der Waals surface area contributed by atoms with Gasteiger partial charge >= 0.3 is 5.97 Å². The van der Waals surface area contributed by atoms with Gasteiger partial charge in [-0.25, -0.2) is 8.42 Å². The maximum atomic E-state index is 13.5. The second-order valence-electron chi connectivity index (χ2n) is 6.34. The molecule has 0 spiro atoms. The summed E-state index contributed by atoms with van der Waals surface area (Å²) in [6, 6.07) is 18.3. The first-order valence-electron chi connectivity index (χ1n) is 8.44. The molecule has 3 aromatic carbocycles. The molecule has 0 amide bonds. The second kappa shape index (κ2) is 6.59. The number of benzene rings is 3. The molecule has 6 nitrogen and oxygen atoms in total. The Labute approximate surface area is 156 Å². The fourth-order valence-corrected chi connectivity index (χ4v) is 5.00. The van der Waals surface area contributed by atoms with Crippen molar-refractivity contribution < 1.29 is 23.1 Å². The van der Waals surface area contributed by atoms with Crippen molar-refractivity contribution in [1.82, 2.24) is 0 Å². The molecule has 0 aromatic heterocycles. The van der Waals surface area contributed by atoms with E-state index in [0.717, 1.165) is 10.8 Å². The largest absolute Gasteiger partial charge is 0.489 e. The van der Waals surface area contributed by atoms with Gasteiger partial charge in [-0.3, -0.25) is 9.10 Å². The van der Waals surface area contributed by atoms with Gasteiger partial charge in [0.05, 0.1) is 23.0 Å². The van der Waals surface area contributed by atoms with Gasteiger partial charge in [-0.05, 0) is 35.0 Å². The molecule has 1 N–H and O–H groups in total. The molecule has 0 bridgehead atoms. The maximum absolute atomic E-state index is 13.5. The van der Waals surface area contributed by atoms with E-state index in [2.05, 4.69) is 0 Å². The Hall–Kier alpha value is -3.06. The quantitative estimate of drug-likeness (QED) is 0.748. The Morgan fingerprint density at radius 1 is 1.04 bits per heavy atom. The molecule has 0 radical (unpaired) electrons. The van der Waals surface area contributed by atoms with Crippen LogP contribution >= 0.6 is 0 Å². The molecule has 0 saturated carbocycles. The maximum Gasteiger partial charge on any atom is 0.305 e. The fraction of sp³-hybridized carbons (Fsp3) is 0.150. The molecule has 1 aliphatic rings. The van der Waals surface area contributed by atoms with Crippen LogP contribution in [0.1, 0.15) is 6.42 Å². The third-order valence-corrected chi connectivity index (χ3v) is 6.42. The summed E-state index contributed by atoms with van der Waals surface area (Å²) in [5, 5.41) is 11.0. The second-order valence-corrected chi connectivity index (χ2v) is 8.16. The van der Waals surface area contributed by atoms with Crippen molar-refractivity contribution in [3.8, 4) is 5.75 Å². The van der Waals surface area contributed by atoms with E-state index in [1.165, 1.54) is 4.31 Å². The lowest BCUT2D eigenvalue weighted by molar-refractivity contribution is -0.137. The van der Waals surface area contributed by atoms with Gasteiger partial charge in [0, 0.05) is 0 Å². The average Bonchev–Trinajstić information content (AvgIpc) is 2.66. The zero-order chi connectivity index (χ0) is 19.0. The highest BCUT2D eigenvalue weighted by Crippen LogP contribution is 2.38. The Morgan fingerprint density at radius 2 is 1.74 bits per heavy atom. The molecule has 3 aromatic rings.